The third kappa shape index (κ3) is 2.52. The van der Waals surface area contributed by atoms with Crippen LogP contribution in [0.1, 0.15) is 25.7 Å². The number of benzene rings is 1. The van der Waals surface area contributed by atoms with Crippen LogP contribution >= 0.6 is 0 Å². The highest BCUT2D eigenvalue weighted by atomic mass is 16.4. The number of oxazole rings is 1. The van der Waals surface area contributed by atoms with Crippen LogP contribution in [-0.2, 0) is 0 Å². The molecule has 1 aliphatic rings. The average Bonchev–Trinajstić information content (AvgIpc) is 3.04. The van der Waals surface area contributed by atoms with E-state index in [0.29, 0.717) is 11.7 Å². The van der Waals surface area contributed by atoms with Crippen molar-refractivity contribution in [3.8, 4) is 0 Å². The standard InChI is InChI=1S/C13H17N3O/c14-10-5-6-11-12(8-10)17-13(16-11)15-7-1-2-9-3-4-9/h5-6,8-9H,1-4,7,14H2,(H,15,16). The van der Waals surface area contributed by atoms with Crippen molar-refractivity contribution >= 4 is 22.8 Å². The summed E-state index contributed by atoms with van der Waals surface area (Å²) in [4.78, 5) is 4.35. The molecular formula is C13H17N3O. The fourth-order valence-corrected chi connectivity index (χ4v) is 2.01. The molecule has 4 nitrogen and oxygen atoms in total. The molecule has 1 saturated carbocycles. The molecule has 1 aromatic carbocycles. The minimum absolute atomic E-state index is 0.599. The Morgan fingerprint density at radius 2 is 2.29 bits per heavy atom. The van der Waals surface area contributed by atoms with Gasteiger partial charge in [-0.15, -0.1) is 0 Å². The number of hydrogen-bond donors (Lipinski definition) is 2. The molecule has 0 amide bonds. The van der Waals surface area contributed by atoms with Crippen LogP contribution in [0.15, 0.2) is 22.6 Å². The maximum Gasteiger partial charge on any atom is 0.295 e. The van der Waals surface area contributed by atoms with E-state index in [2.05, 4.69) is 10.3 Å². The van der Waals surface area contributed by atoms with Gasteiger partial charge < -0.3 is 15.5 Å². The van der Waals surface area contributed by atoms with Crippen molar-refractivity contribution in [2.75, 3.05) is 17.6 Å². The van der Waals surface area contributed by atoms with Crippen LogP contribution in [0.25, 0.3) is 11.1 Å². The van der Waals surface area contributed by atoms with E-state index in [0.717, 1.165) is 23.6 Å². The summed E-state index contributed by atoms with van der Waals surface area (Å²) in [5.74, 6) is 0.986. The maximum absolute atomic E-state index is 5.69. The van der Waals surface area contributed by atoms with Crippen molar-refractivity contribution in [2.45, 2.75) is 25.7 Å². The summed E-state index contributed by atoms with van der Waals surface area (Å²) in [6.07, 6.45) is 5.34. The molecule has 3 rings (SSSR count). The van der Waals surface area contributed by atoms with E-state index in [4.69, 9.17) is 10.2 Å². The molecular weight excluding hydrogens is 214 g/mol. The monoisotopic (exact) mass is 231 g/mol. The Morgan fingerprint density at radius 1 is 1.41 bits per heavy atom. The normalized spacial score (nSPS) is 15.3. The summed E-state index contributed by atoms with van der Waals surface area (Å²) >= 11 is 0. The van der Waals surface area contributed by atoms with E-state index in [-0.39, 0.29) is 0 Å². The molecule has 0 bridgehead atoms. The van der Waals surface area contributed by atoms with Crippen molar-refractivity contribution in [1.82, 2.24) is 4.98 Å². The number of rotatable bonds is 5. The Kier molecular flexibility index (Phi) is 2.63. The van der Waals surface area contributed by atoms with E-state index in [1.54, 1.807) is 6.07 Å². The van der Waals surface area contributed by atoms with Gasteiger partial charge in [-0.3, -0.25) is 0 Å². The topological polar surface area (TPSA) is 64.1 Å². The molecule has 0 spiro atoms. The molecule has 0 saturated heterocycles. The van der Waals surface area contributed by atoms with Gasteiger partial charge in [0, 0.05) is 18.3 Å². The summed E-state index contributed by atoms with van der Waals surface area (Å²) in [6, 6.07) is 6.12. The van der Waals surface area contributed by atoms with Gasteiger partial charge in [-0.05, 0) is 30.9 Å². The Morgan fingerprint density at radius 3 is 3.12 bits per heavy atom. The SMILES string of the molecule is Nc1ccc2nc(NCCCC3CC3)oc2c1. The number of nitrogens with zero attached hydrogens (tertiary/aromatic N) is 1. The molecule has 1 heterocycles. The van der Waals surface area contributed by atoms with Crippen molar-refractivity contribution in [2.24, 2.45) is 5.92 Å². The summed E-state index contributed by atoms with van der Waals surface area (Å²) in [5, 5.41) is 3.22. The number of fused-ring (bicyclic) bond motifs is 1. The molecule has 1 fully saturated rings. The third-order valence-corrected chi connectivity index (χ3v) is 3.17. The lowest BCUT2D eigenvalue weighted by Gasteiger charge is -1.99. The zero-order valence-electron chi connectivity index (χ0n) is 9.78. The van der Waals surface area contributed by atoms with Crippen molar-refractivity contribution < 1.29 is 4.42 Å². The smallest absolute Gasteiger partial charge is 0.295 e. The van der Waals surface area contributed by atoms with Gasteiger partial charge in [0.05, 0.1) is 0 Å². The van der Waals surface area contributed by atoms with E-state index in [1.165, 1.54) is 25.7 Å². The molecule has 3 N–H and O–H groups in total. The van der Waals surface area contributed by atoms with Gasteiger partial charge >= 0.3 is 0 Å². The highest BCUT2D eigenvalue weighted by molar-refractivity contribution is 5.77. The molecule has 0 radical (unpaired) electrons. The molecule has 0 atom stereocenters. The Balaban J connectivity index is 1.60. The van der Waals surface area contributed by atoms with Gasteiger partial charge in [-0.1, -0.05) is 12.8 Å². The Hall–Kier alpha value is -1.71. The average molecular weight is 231 g/mol. The first-order valence-electron chi connectivity index (χ1n) is 6.21. The summed E-state index contributed by atoms with van der Waals surface area (Å²) < 4.78 is 5.57. The maximum atomic E-state index is 5.69. The zero-order chi connectivity index (χ0) is 11.7. The molecule has 0 aliphatic heterocycles. The first-order valence-corrected chi connectivity index (χ1v) is 6.21. The highest BCUT2D eigenvalue weighted by Gasteiger charge is 2.20. The number of anilines is 2. The minimum atomic E-state index is 0.599. The van der Waals surface area contributed by atoms with E-state index in [9.17, 15) is 0 Å². The molecule has 1 aliphatic carbocycles. The lowest BCUT2D eigenvalue weighted by Crippen LogP contribution is -2.01. The zero-order valence-corrected chi connectivity index (χ0v) is 9.78. The second-order valence-corrected chi connectivity index (χ2v) is 4.76. The Bertz CT molecular complexity index is 516. The first-order chi connectivity index (χ1) is 8.31. The van der Waals surface area contributed by atoms with Crippen molar-refractivity contribution in [3.63, 3.8) is 0 Å². The fourth-order valence-electron chi connectivity index (χ4n) is 2.01. The predicted molar refractivity (Wildman–Crippen MR) is 68.9 cm³/mol. The van der Waals surface area contributed by atoms with Crippen LogP contribution < -0.4 is 11.1 Å². The summed E-state index contributed by atoms with van der Waals surface area (Å²) in [6.45, 7) is 0.929. The third-order valence-electron chi connectivity index (χ3n) is 3.17. The highest BCUT2D eigenvalue weighted by Crippen LogP contribution is 2.33. The van der Waals surface area contributed by atoms with Gasteiger partial charge in [0.25, 0.3) is 6.01 Å². The van der Waals surface area contributed by atoms with E-state index >= 15 is 0 Å². The number of nitrogens with two attached hydrogens (primary N) is 1. The van der Waals surface area contributed by atoms with E-state index < -0.39 is 0 Å². The number of aromatic nitrogens is 1. The van der Waals surface area contributed by atoms with Gasteiger partial charge in [-0.2, -0.15) is 4.98 Å². The van der Waals surface area contributed by atoms with Gasteiger partial charge in [0.15, 0.2) is 5.58 Å². The molecule has 2 aromatic rings. The number of nitrogen functional groups attached to an aromatic ring is 1. The fraction of sp³-hybridized carbons (Fsp3) is 0.462. The molecule has 17 heavy (non-hydrogen) atoms. The summed E-state index contributed by atoms with van der Waals surface area (Å²) in [5.41, 5.74) is 7.99. The lowest BCUT2D eigenvalue weighted by atomic mass is 10.2. The van der Waals surface area contributed by atoms with Crippen LogP contribution in [0.5, 0.6) is 0 Å². The number of hydrogen-bond acceptors (Lipinski definition) is 4. The van der Waals surface area contributed by atoms with Crippen LogP contribution in [0.3, 0.4) is 0 Å². The van der Waals surface area contributed by atoms with Crippen LogP contribution in [0, 0.1) is 5.92 Å². The summed E-state index contributed by atoms with van der Waals surface area (Å²) in [7, 11) is 0. The van der Waals surface area contributed by atoms with Crippen LogP contribution in [-0.4, -0.2) is 11.5 Å². The second-order valence-electron chi connectivity index (χ2n) is 4.76. The number of nitrogens with one attached hydrogen (secondary N) is 1. The predicted octanol–water partition coefficient (Wildman–Crippen LogP) is 3.01. The minimum Gasteiger partial charge on any atom is -0.423 e. The molecule has 90 valence electrons. The second kappa shape index (κ2) is 4.28. The first kappa shape index (κ1) is 10.4. The van der Waals surface area contributed by atoms with Gasteiger partial charge in [0.2, 0.25) is 0 Å². The van der Waals surface area contributed by atoms with E-state index in [1.807, 2.05) is 12.1 Å². The lowest BCUT2D eigenvalue weighted by molar-refractivity contribution is 0.605. The van der Waals surface area contributed by atoms with Crippen LogP contribution in [0.2, 0.25) is 0 Å². The molecule has 0 unspecified atom stereocenters. The quantitative estimate of drug-likeness (QED) is 0.613. The molecule has 1 aromatic heterocycles. The largest absolute Gasteiger partial charge is 0.423 e. The van der Waals surface area contributed by atoms with Crippen molar-refractivity contribution in [3.05, 3.63) is 18.2 Å². The molecule has 4 heteroatoms. The van der Waals surface area contributed by atoms with Crippen LogP contribution in [0.4, 0.5) is 11.7 Å². The Labute approximate surface area is 100 Å². The van der Waals surface area contributed by atoms with Gasteiger partial charge in [-0.25, -0.2) is 0 Å². The van der Waals surface area contributed by atoms with Crippen molar-refractivity contribution in [1.29, 1.82) is 0 Å². The van der Waals surface area contributed by atoms with Gasteiger partial charge in [0.1, 0.15) is 5.52 Å².